The van der Waals surface area contributed by atoms with Crippen LogP contribution in [-0.4, -0.2) is 16.6 Å². The fourth-order valence-electron chi connectivity index (χ4n) is 2.48. The molecule has 5 nitrogen and oxygen atoms in total. The average molecular weight is 291 g/mol. The van der Waals surface area contributed by atoms with Crippen LogP contribution in [0, 0.1) is 0 Å². The second-order valence-corrected chi connectivity index (χ2v) is 5.18. The van der Waals surface area contributed by atoms with Gasteiger partial charge in [0.15, 0.2) is 0 Å². The number of fused-ring (bicyclic) bond motifs is 1. The zero-order valence-electron chi connectivity index (χ0n) is 10.8. The van der Waals surface area contributed by atoms with Crippen molar-refractivity contribution in [2.75, 3.05) is 6.61 Å². The maximum atomic E-state index is 6.17. The van der Waals surface area contributed by atoms with Gasteiger partial charge in [-0.15, -0.1) is 0 Å². The maximum Gasteiger partial charge on any atom is 0.125 e. The summed E-state index contributed by atoms with van der Waals surface area (Å²) in [4.78, 5) is 8.04. The van der Waals surface area contributed by atoms with Crippen molar-refractivity contribution in [3.05, 3.63) is 52.6 Å². The molecule has 0 bridgehead atoms. The van der Waals surface area contributed by atoms with Crippen LogP contribution in [0.5, 0.6) is 5.75 Å². The summed E-state index contributed by atoms with van der Waals surface area (Å²) in [7, 11) is 0. The quantitative estimate of drug-likeness (QED) is 0.664. The van der Waals surface area contributed by atoms with Gasteiger partial charge in [-0.25, -0.2) is 9.97 Å². The Labute approximate surface area is 122 Å². The van der Waals surface area contributed by atoms with E-state index in [0.29, 0.717) is 13.0 Å². The highest BCUT2D eigenvalue weighted by molar-refractivity contribution is 6.30. The van der Waals surface area contributed by atoms with E-state index in [0.717, 1.165) is 33.9 Å². The highest BCUT2D eigenvalue weighted by Crippen LogP contribution is 2.35. The van der Waals surface area contributed by atoms with Crippen molar-refractivity contribution in [3.8, 4) is 5.75 Å². The smallest absolute Gasteiger partial charge is 0.125 e. The Bertz CT molecular complexity index is 606. The van der Waals surface area contributed by atoms with Crippen LogP contribution >= 0.6 is 11.6 Å². The lowest BCUT2D eigenvalue weighted by molar-refractivity contribution is 0.351. The van der Waals surface area contributed by atoms with Gasteiger partial charge >= 0.3 is 0 Å². The van der Waals surface area contributed by atoms with Crippen LogP contribution in [0.25, 0.3) is 0 Å². The van der Waals surface area contributed by atoms with Crippen LogP contribution < -0.4 is 16.0 Å². The van der Waals surface area contributed by atoms with Crippen LogP contribution in [0.4, 0.5) is 0 Å². The molecule has 104 valence electrons. The van der Waals surface area contributed by atoms with E-state index in [1.165, 1.54) is 6.33 Å². The Morgan fingerprint density at radius 2 is 2.15 bits per heavy atom. The molecule has 0 saturated heterocycles. The highest BCUT2D eigenvalue weighted by Gasteiger charge is 2.20. The fraction of sp³-hybridized carbons (Fsp3) is 0.286. The topological polar surface area (TPSA) is 73.1 Å². The van der Waals surface area contributed by atoms with Crippen molar-refractivity contribution >= 4 is 11.6 Å². The molecule has 1 aliphatic rings. The lowest BCUT2D eigenvalue weighted by Gasteiger charge is -2.17. The largest absolute Gasteiger partial charge is 0.493 e. The molecule has 0 fully saturated rings. The first-order valence-electron chi connectivity index (χ1n) is 6.43. The van der Waals surface area contributed by atoms with Crippen LogP contribution in [-0.2, 0) is 12.8 Å². The molecule has 0 radical (unpaired) electrons. The highest BCUT2D eigenvalue weighted by atomic mass is 35.5. The normalized spacial score (nSPS) is 14.7. The molecule has 1 aliphatic heterocycles. The Hall–Kier alpha value is -1.69. The second kappa shape index (κ2) is 5.75. The van der Waals surface area contributed by atoms with Gasteiger partial charge in [-0.1, -0.05) is 11.6 Å². The number of ether oxygens (including phenoxy) is 1. The molecule has 1 unspecified atom stereocenters. The monoisotopic (exact) mass is 290 g/mol. The van der Waals surface area contributed by atoms with E-state index < -0.39 is 0 Å². The molecule has 1 aromatic heterocycles. The van der Waals surface area contributed by atoms with Gasteiger partial charge in [-0.3, -0.25) is 11.3 Å². The number of nitrogens with zero attached hydrogens (tertiary/aromatic N) is 2. The van der Waals surface area contributed by atoms with Gasteiger partial charge in [-0.2, -0.15) is 0 Å². The van der Waals surface area contributed by atoms with Crippen LogP contribution in [0.15, 0.2) is 30.9 Å². The van der Waals surface area contributed by atoms with Crippen molar-refractivity contribution in [1.82, 2.24) is 15.4 Å². The zero-order chi connectivity index (χ0) is 13.9. The summed E-state index contributed by atoms with van der Waals surface area (Å²) in [5, 5.41) is 0.726. The minimum absolute atomic E-state index is 0.0806. The average Bonchev–Trinajstić information content (AvgIpc) is 2.93. The van der Waals surface area contributed by atoms with E-state index in [1.807, 2.05) is 12.1 Å². The van der Waals surface area contributed by atoms with E-state index in [9.17, 15) is 0 Å². The number of nitrogens with one attached hydrogen (secondary N) is 1. The number of benzene rings is 1. The molecule has 0 amide bonds. The van der Waals surface area contributed by atoms with Crippen molar-refractivity contribution in [1.29, 1.82) is 0 Å². The van der Waals surface area contributed by atoms with Crippen LogP contribution in [0.1, 0.15) is 22.7 Å². The van der Waals surface area contributed by atoms with E-state index in [4.69, 9.17) is 22.2 Å². The summed E-state index contributed by atoms with van der Waals surface area (Å²) in [5.41, 5.74) is 5.94. The summed E-state index contributed by atoms with van der Waals surface area (Å²) in [6.07, 6.45) is 6.58. The van der Waals surface area contributed by atoms with E-state index in [1.54, 1.807) is 12.4 Å². The van der Waals surface area contributed by atoms with Gasteiger partial charge in [0.2, 0.25) is 0 Å². The first-order chi connectivity index (χ1) is 9.78. The minimum atomic E-state index is -0.0806. The van der Waals surface area contributed by atoms with Gasteiger partial charge in [0.25, 0.3) is 0 Å². The lowest BCUT2D eigenvalue weighted by atomic mass is 9.99. The van der Waals surface area contributed by atoms with Crippen molar-refractivity contribution in [2.24, 2.45) is 5.84 Å². The number of hydrogen-bond donors (Lipinski definition) is 2. The number of nitrogens with two attached hydrogens (primary N) is 1. The van der Waals surface area contributed by atoms with Crippen molar-refractivity contribution in [3.63, 3.8) is 0 Å². The molecular weight excluding hydrogens is 276 g/mol. The van der Waals surface area contributed by atoms with E-state index in [-0.39, 0.29) is 6.04 Å². The molecule has 20 heavy (non-hydrogen) atoms. The number of halogens is 1. The predicted molar refractivity (Wildman–Crippen MR) is 76.5 cm³/mol. The van der Waals surface area contributed by atoms with E-state index >= 15 is 0 Å². The molecule has 6 heteroatoms. The molecule has 1 atom stereocenters. The van der Waals surface area contributed by atoms with Gasteiger partial charge in [0.1, 0.15) is 12.1 Å². The SMILES string of the molecule is NNC(Cc1cc(Cl)cc2c1OCC2)c1cncnc1. The van der Waals surface area contributed by atoms with E-state index in [2.05, 4.69) is 15.4 Å². The molecule has 0 aliphatic carbocycles. The van der Waals surface area contributed by atoms with Crippen molar-refractivity contribution in [2.45, 2.75) is 18.9 Å². The fourth-order valence-corrected chi connectivity index (χ4v) is 2.74. The second-order valence-electron chi connectivity index (χ2n) is 4.75. The lowest BCUT2D eigenvalue weighted by Crippen LogP contribution is -2.29. The molecule has 3 N–H and O–H groups in total. The summed E-state index contributed by atoms with van der Waals surface area (Å²) in [6.45, 7) is 0.706. The third-order valence-corrected chi connectivity index (χ3v) is 3.65. The standard InChI is InChI=1S/C14H15ClN4O/c15-12-3-9-1-2-20-14(9)10(4-12)5-13(19-16)11-6-17-8-18-7-11/h3-4,6-8,13,19H,1-2,5,16H2. The number of hydrazine groups is 1. The third kappa shape index (κ3) is 2.60. The molecule has 2 heterocycles. The Morgan fingerprint density at radius 3 is 2.90 bits per heavy atom. The Balaban J connectivity index is 1.91. The number of hydrogen-bond acceptors (Lipinski definition) is 5. The summed E-state index contributed by atoms with van der Waals surface area (Å²) < 4.78 is 5.71. The number of aromatic nitrogens is 2. The summed E-state index contributed by atoms with van der Waals surface area (Å²) in [6, 6.07) is 3.81. The molecule has 3 rings (SSSR count). The maximum absolute atomic E-state index is 6.17. The summed E-state index contributed by atoms with van der Waals surface area (Å²) >= 11 is 6.17. The van der Waals surface area contributed by atoms with Crippen LogP contribution in [0.2, 0.25) is 5.02 Å². The van der Waals surface area contributed by atoms with Gasteiger partial charge in [-0.05, 0) is 29.7 Å². The van der Waals surface area contributed by atoms with Crippen LogP contribution in [0.3, 0.4) is 0 Å². The third-order valence-electron chi connectivity index (χ3n) is 3.43. The minimum Gasteiger partial charge on any atom is -0.493 e. The predicted octanol–water partition coefficient (Wildman–Crippen LogP) is 1.81. The zero-order valence-corrected chi connectivity index (χ0v) is 11.6. The molecular formula is C14H15ClN4O. The number of rotatable bonds is 4. The first kappa shape index (κ1) is 13.3. The Morgan fingerprint density at radius 1 is 1.35 bits per heavy atom. The molecule has 0 saturated carbocycles. The molecule has 1 aromatic carbocycles. The van der Waals surface area contributed by atoms with Gasteiger partial charge in [0, 0.05) is 29.4 Å². The molecule has 2 aromatic rings. The van der Waals surface area contributed by atoms with Crippen molar-refractivity contribution < 1.29 is 4.74 Å². The first-order valence-corrected chi connectivity index (χ1v) is 6.81. The summed E-state index contributed by atoms with van der Waals surface area (Å²) in [5.74, 6) is 6.59. The van der Waals surface area contributed by atoms with Gasteiger partial charge in [0.05, 0.1) is 12.6 Å². The van der Waals surface area contributed by atoms with Gasteiger partial charge < -0.3 is 4.74 Å². The molecule has 0 spiro atoms. The Kier molecular flexibility index (Phi) is 3.82.